The van der Waals surface area contributed by atoms with Crippen LogP contribution in [0.1, 0.15) is 10.4 Å². The number of anilines is 1. The first kappa shape index (κ1) is 13.6. The van der Waals surface area contributed by atoms with Gasteiger partial charge in [-0.25, -0.2) is 8.78 Å². The second-order valence-corrected chi connectivity index (χ2v) is 3.92. The molecule has 0 aliphatic heterocycles. The van der Waals surface area contributed by atoms with Crippen molar-refractivity contribution in [2.45, 2.75) is 0 Å². The fourth-order valence-corrected chi connectivity index (χ4v) is 1.56. The highest BCUT2D eigenvalue weighted by Gasteiger charge is 2.10. The summed E-state index contributed by atoms with van der Waals surface area (Å²) in [6.45, 7) is 0. The van der Waals surface area contributed by atoms with Gasteiger partial charge in [0.1, 0.15) is 11.6 Å². The first-order valence-electron chi connectivity index (χ1n) is 5.47. The number of halogens is 2. The molecule has 1 amide bonds. The minimum absolute atomic E-state index is 0.0362. The van der Waals surface area contributed by atoms with Crippen LogP contribution in [-0.4, -0.2) is 10.8 Å². The monoisotopic (exact) mass is 278 g/mol. The second-order valence-electron chi connectivity index (χ2n) is 3.92. The number of hydrogen-bond donors (Lipinski definition) is 1. The molecule has 0 fully saturated rings. The summed E-state index contributed by atoms with van der Waals surface area (Å²) in [4.78, 5) is 21.7. The Labute approximate surface area is 112 Å². The molecule has 0 aliphatic carbocycles. The minimum atomic E-state index is -0.816. The average molecular weight is 278 g/mol. The van der Waals surface area contributed by atoms with Crippen molar-refractivity contribution in [2.24, 2.45) is 0 Å². The molecule has 0 unspecified atom stereocenters. The predicted molar refractivity (Wildman–Crippen MR) is 67.4 cm³/mol. The second kappa shape index (κ2) is 5.43. The van der Waals surface area contributed by atoms with Crippen molar-refractivity contribution >= 4 is 17.3 Å². The van der Waals surface area contributed by atoms with Gasteiger partial charge in [0.05, 0.1) is 4.92 Å². The number of nitrogens with one attached hydrogen (secondary N) is 1. The van der Waals surface area contributed by atoms with Crippen molar-refractivity contribution in [1.29, 1.82) is 0 Å². The fraction of sp³-hybridized carbons (Fsp3) is 0. The molecule has 0 saturated heterocycles. The number of nitro benzene ring substituents is 1. The SMILES string of the molecule is O=C(Nc1cc(F)cc(F)c1)c1ccc([N+](=O)[O-])cc1. The lowest BCUT2D eigenvalue weighted by Crippen LogP contribution is -2.12. The standard InChI is InChI=1S/C13H8F2N2O3/c14-9-5-10(15)7-11(6-9)16-13(18)8-1-3-12(4-2-8)17(19)20/h1-7H,(H,16,18). The number of nitrogens with zero attached hydrogens (tertiary/aromatic N) is 1. The van der Waals surface area contributed by atoms with E-state index in [9.17, 15) is 23.7 Å². The molecule has 1 N–H and O–H groups in total. The highest BCUT2D eigenvalue weighted by Crippen LogP contribution is 2.16. The number of non-ortho nitro benzene ring substituents is 1. The van der Waals surface area contributed by atoms with Crippen LogP contribution in [-0.2, 0) is 0 Å². The molecule has 102 valence electrons. The van der Waals surface area contributed by atoms with Gasteiger partial charge in [0.25, 0.3) is 11.6 Å². The first-order valence-corrected chi connectivity index (χ1v) is 5.47. The third-order valence-electron chi connectivity index (χ3n) is 2.46. The van der Waals surface area contributed by atoms with Crippen molar-refractivity contribution in [1.82, 2.24) is 0 Å². The maximum atomic E-state index is 13.0. The van der Waals surface area contributed by atoms with Crippen molar-refractivity contribution in [3.8, 4) is 0 Å². The van der Waals surface area contributed by atoms with E-state index in [0.717, 1.165) is 12.1 Å². The number of nitro groups is 1. The summed E-state index contributed by atoms with van der Waals surface area (Å²) in [5, 5.41) is 12.8. The van der Waals surface area contributed by atoms with Crippen LogP contribution in [0.5, 0.6) is 0 Å². The molecule has 20 heavy (non-hydrogen) atoms. The van der Waals surface area contributed by atoms with Gasteiger partial charge in [-0.1, -0.05) is 0 Å². The van der Waals surface area contributed by atoms with E-state index < -0.39 is 22.5 Å². The molecule has 0 radical (unpaired) electrons. The zero-order valence-corrected chi connectivity index (χ0v) is 9.97. The van der Waals surface area contributed by atoms with Crippen LogP contribution in [0.15, 0.2) is 42.5 Å². The Morgan fingerprint density at radius 3 is 2.10 bits per heavy atom. The summed E-state index contributed by atoms with van der Waals surface area (Å²) in [7, 11) is 0. The summed E-state index contributed by atoms with van der Waals surface area (Å²) in [6, 6.07) is 7.45. The number of rotatable bonds is 3. The molecule has 2 aromatic carbocycles. The van der Waals surface area contributed by atoms with Gasteiger partial charge in [-0.15, -0.1) is 0 Å². The smallest absolute Gasteiger partial charge is 0.269 e. The van der Waals surface area contributed by atoms with Crippen molar-refractivity contribution in [2.75, 3.05) is 5.32 Å². The van der Waals surface area contributed by atoms with Gasteiger partial charge in [0.2, 0.25) is 0 Å². The van der Waals surface area contributed by atoms with E-state index in [-0.39, 0.29) is 16.9 Å². The molecule has 0 heterocycles. The quantitative estimate of drug-likeness (QED) is 0.692. The van der Waals surface area contributed by atoms with Gasteiger partial charge in [-0.3, -0.25) is 14.9 Å². The first-order chi connectivity index (χ1) is 9.45. The molecule has 0 atom stereocenters. The van der Waals surface area contributed by atoms with Crippen LogP contribution in [0.25, 0.3) is 0 Å². The molecule has 0 aromatic heterocycles. The molecule has 7 heteroatoms. The Morgan fingerprint density at radius 2 is 1.60 bits per heavy atom. The van der Waals surface area contributed by atoms with Crippen LogP contribution >= 0.6 is 0 Å². The normalized spacial score (nSPS) is 10.1. The van der Waals surface area contributed by atoms with Gasteiger partial charge in [-0.2, -0.15) is 0 Å². The number of benzene rings is 2. The van der Waals surface area contributed by atoms with E-state index >= 15 is 0 Å². The topological polar surface area (TPSA) is 72.2 Å². The Balaban J connectivity index is 2.17. The summed E-state index contributed by atoms with van der Waals surface area (Å²) in [6.07, 6.45) is 0. The lowest BCUT2D eigenvalue weighted by atomic mass is 10.2. The van der Waals surface area contributed by atoms with Gasteiger partial charge in [0, 0.05) is 29.4 Å². The molecular weight excluding hydrogens is 270 g/mol. The summed E-state index contributed by atoms with van der Waals surface area (Å²) < 4.78 is 25.9. The van der Waals surface area contributed by atoms with Crippen molar-refractivity contribution in [3.05, 3.63) is 69.8 Å². The Hall–Kier alpha value is -2.83. The van der Waals surface area contributed by atoms with Crippen molar-refractivity contribution < 1.29 is 18.5 Å². The predicted octanol–water partition coefficient (Wildman–Crippen LogP) is 3.13. The van der Waals surface area contributed by atoms with Gasteiger partial charge >= 0.3 is 0 Å². The molecule has 0 saturated carbocycles. The van der Waals surface area contributed by atoms with Crippen LogP contribution in [0.4, 0.5) is 20.2 Å². The zero-order chi connectivity index (χ0) is 14.7. The van der Waals surface area contributed by atoms with Gasteiger partial charge in [-0.05, 0) is 24.3 Å². The fourth-order valence-electron chi connectivity index (χ4n) is 1.56. The molecule has 0 aliphatic rings. The van der Waals surface area contributed by atoms with Crippen LogP contribution in [0.3, 0.4) is 0 Å². The Bertz CT molecular complexity index is 652. The lowest BCUT2D eigenvalue weighted by Gasteiger charge is -2.05. The van der Waals surface area contributed by atoms with Crippen LogP contribution < -0.4 is 5.32 Å². The number of carbonyl (C=O) groups is 1. The third-order valence-corrected chi connectivity index (χ3v) is 2.46. The molecule has 0 spiro atoms. The van der Waals surface area contributed by atoms with Gasteiger partial charge < -0.3 is 5.32 Å². The molecule has 0 bridgehead atoms. The third kappa shape index (κ3) is 3.14. The number of carbonyl (C=O) groups excluding carboxylic acids is 1. The molecule has 2 rings (SSSR count). The van der Waals surface area contributed by atoms with Crippen molar-refractivity contribution in [3.63, 3.8) is 0 Å². The van der Waals surface area contributed by atoms with Gasteiger partial charge in [0.15, 0.2) is 0 Å². The Kier molecular flexibility index (Phi) is 3.69. The average Bonchev–Trinajstić information content (AvgIpc) is 2.37. The molecule has 5 nitrogen and oxygen atoms in total. The van der Waals surface area contributed by atoms with E-state index in [4.69, 9.17) is 0 Å². The maximum absolute atomic E-state index is 13.0. The summed E-state index contributed by atoms with van der Waals surface area (Å²) in [5.74, 6) is -2.25. The van der Waals surface area contributed by atoms with Crippen LogP contribution in [0.2, 0.25) is 0 Å². The summed E-state index contributed by atoms with van der Waals surface area (Å²) in [5.41, 5.74) is -0.0514. The Morgan fingerprint density at radius 1 is 1.05 bits per heavy atom. The number of hydrogen-bond acceptors (Lipinski definition) is 3. The van der Waals surface area contributed by atoms with Crippen LogP contribution in [0, 0.1) is 21.7 Å². The highest BCUT2D eigenvalue weighted by molar-refractivity contribution is 6.04. The minimum Gasteiger partial charge on any atom is -0.322 e. The largest absolute Gasteiger partial charge is 0.322 e. The van der Waals surface area contributed by atoms with E-state index in [1.807, 2.05) is 0 Å². The van der Waals surface area contributed by atoms with E-state index in [1.165, 1.54) is 24.3 Å². The van der Waals surface area contributed by atoms with E-state index in [0.29, 0.717) is 6.07 Å². The van der Waals surface area contributed by atoms with E-state index in [1.54, 1.807) is 0 Å². The zero-order valence-electron chi connectivity index (χ0n) is 9.97. The maximum Gasteiger partial charge on any atom is 0.269 e. The molecule has 2 aromatic rings. The summed E-state index contributed by atoms with van der Waals surface area (Å²) >= 11 is 0. The number of amides is 1. The highest BCUT2D eigenvalue weighted by atomic mass is 19.1. The molecular formula is C13H8F2N2O3. The van der Waals surface area contributed by atoms with E-state index in [2.05, 4.69) is 5.32 Å². The lowest BCUT2D eigenvalue weighted by molar-refractivity contribution is -0.384.